The molecule has 1 heterocycles. The predicted molar refractivity (Wildman–Crippen MR) is 82.8 cm³/mol. The summed E-state index contributed by atoms with van der Waals surface area (Å²) in [7, 11) is -3.73. The summed E-state index contributed by atoms with van der Waals surface area (Å²) in [6.07, 6.45) is 1.38. The number of sulfonamides is 1. The standard InChI is InChI=1S/C15H13FN4O2S/c16-13-6-4-5-12(9-13)10-20-11-17-15(18-20)19-23(21,22)14-7-2-1-3-8-14/h1-9,11H,10H2,(H,18,19). The van der Waals surface area contributed by atoms with Gasteiger partial charge < -0.3 is 0 Å². The molecule has 0 bridgehead atoms. The van der Waals surface area contributed by atoms with Gasteiger partial charge in [0.25, 0.3) is 16.0 Å². The second kappa shape index (κ2) is 6.17. The van der Waals surface area contributed by atoms with Gasteiger partial charge in [0.2, 0.25) is 0 Å². The third kappa shape index (κ3) is 3.72. The van der Waals surface area contributed by atoms with Gasteiger partial charge in [-0.1, -0.05) is 30.3 Å². The lowest BCUT2D eigenvalue weighted by atomic mass is 10.2. The van der Waals surface area contributed by atoms with Gasteiger partial charge in [-0.3, -0.25) is 0 Å². The number of hydrogen-bond acceptors (Lipinski definition) is 4. The van der Waals surface area contributed by atoms with Gasteiger partial charge in [-0.25, -0.2) is 22.2 Å². The fourth-order valence-electron chi connectivity index (χ4n) is 2.02. The maximum absolute atomic E-state index is 13.1. The quantitative estimate of drug-likeness (QED) is 0.777. The molecule has 0 amide bonds. The third-order valence-corrected chi connectivity index (χ3v) is 4.39. The van der Waals surface area contributed by atoms with E-state index < -0.39 is 10.0 Å². The summed E-state index contributed by atoms with van der Waals surface area (Å²) in [5.41, 5.74) is 0.701. The van der Waals surface area contributed by atoms with Crippen LogP contribution in [0.3, 0.4) is 0 Å². The van der Waals surface area contributed by atoms with Gasteiger partial charge in [-0.05, 0) is 29.8 Å². The first-order valence-corrected chi connectivity index (χ1v) is 8.23. The molecule has 0 radical (unpaired) electrons. The topological polar surface area (TPSA) is 76.9 Å². The Labute approximate surface area is 132 Å². The van der Waals surface area contributed by atoms with Crippen LogP contribution in [0, 0.1) is 5.82 Å². The molecule has 0 aliphatic heterocycles. The van der Waals surface area contributed by atoms with E-state index in [2.05, 4.69) is 14.8 Å². The van der Waals surface area contributed by atoms with Gasteiger partial charge >= 0.3 is 0 Å². The van der Waals surface area contributed by atoms with Gasteiger partial charge in [0.15, 0.2) is 0 Å². The molecule has 0 saturated carbocycles. The normalized spacial score (nSPS) is 11.3. The zero-order chi connectivity index (χ0) is 16.3. The number of halogens is 1. The van der Waals surface area contributed by atoms with Crippen molar-refractivity contribution in [1.29, 1.82) is 0 Å². The molecule has 1 N–H and O–H groups in total. The molecular formula is C15H13FN4O2S. The predicted octanol–water partition coefficient (Wildman–Crippen LogP) is 2.27. The summed E-state index contributed by atoms with van der Waals surface area (Å²) in [5.74, 6) is -0.377. The van der Waals surface area contributed by atoms with Crippen molar-refractivity contribution in [3.05, 3.63) is 72.3 Å². The van der Waals surface area contributed by atoms with Gasteiger partial charge in [0.1, 0.15) is 12.1 Å². The SMILES string of the molecule is O=S(=O)(Nc1ncn(Cc2cccc(F)c2)n1)c1ccccc1. The number of anilines is 1. The molecule has 1 aromatic heterocycles. The smallest absolute Gasteiger partial charge is 0.246 e. The van der Waals surface area contributed by atoms with Crippen LogP contribution in [0.25, 0.3) is 0 Å². The van der Waals surface area contributed by atoms with E-state index in [0.29, 0.717) is 5.56 Å². The zero-order valence-electron chi connectivity index (χ0n) is 11.9. The summed E-state index contributed by atoms with van der Waals surface area (Å²) in [4.78, 5) is 4.04. The van der Waals surface area contributed by atoms with E-state index in [9.17, 15) is 12.8 Å². The summed E-state index contributed by atoms with van der Waals surface area (Å²) in [5, 5.41) is 4.04. The minimum atomic E-state index is -3.73. The van der Waals surface area contributed by atoms with Crippen LogP contribution in [0.5, 0.6) is 0 Å². The van der Waals surface area contributed by atoms with E-state index in [1.54, 1.807) is 30.3 Å². The van der Waals surface area contributed by atoms with Crippen LogP contribution < -0.4 is 4.72 Å². The Bertz CT molecular complexity index is 910. The molecule has 0 atom stereocenters. The Morgan fingerprint density at radius 1 is 1.09 bits per heavy atom. The number of benzene rings is 2. The van der Waals surface area contributed by atoms with Gasteiger partial charge in [0, 0.05) is 0 Å². The molecule has 6 nitrogen and oxygen atoms in total. The fraction of sp³-hybridized carbons (Fsp3) is 0.0667. The average Bonchev–Trinajstić information content (AvgIpc) is 2.94. The zero-order valence-corrected chi connectivity index (χ0v) is 12.7. The molecule has 23 heavy (non-hydrogen) atoms. The van der Waals surface area contributed by atoms with Crippen LogP contribution in [0.2, 0.25) is 0 Å². The molecule has 3 aromatic rings. The van der Waals surface area contributed by atoms with Crippen LogP contribution in [-0.4, -0.2) is 23.2 Å². The van der Waals surface area contributed by atoms with Crippen molar-refractivity contribution in [2.75, 3.05) is 4.72 Å². The molecular weight excluding hydrogens is 319 g/mol. The van der Waals surface area contributed by atoms with E-state index >= 15 is 0 Å². The van der Waals surface area contributed by atoms with E-state index in [0.717, 1.165) is 0 Å². The Hall–Kier alpha value is -2.74. The van der Waals surface area contributed by atoms with Gasteiger partial charge in [-0.2, -0.15) is 4.98 Å². The Morgan fingerprint density at radius 2 is 1.87 bits per heavy atom. The first-order chi connectivity index (χ1) is 11.0. The number of nitrogens with one attached hydrogen (secondary N) is 1. The van der Waals surface area contributed by atoms with Crippen LogP contribution >= 0.6 is 0 Å². The Kier molecular flexibility index (Phi) is 4.07. The largest absolute Gasteiger partial charge is 0.264 e. The lowest BCUT2D eigenvalue weighted by molar-refractivity contribution is 0.600. The van der Waals surface area contributed by atoms with Crippen LogP contribution in [-0.2, 0) is 16.6 Å². The molecule has 0 spiro atoms. The van der Waals surface area contributed by atoms with E-state index in [1.165, 1.54) is 35.3 Å². The van der Waals surface area contributed by atoms with Crippen molar-refractivity contribution in [3.63, 3.8) is 0 Å². The van der Waals surface area contributed by atoms with Crippen molar-refractivity contribution < 1.29 is 12.8 Å². The van der Waals surface area contributed by atoms with Crippen molar-refractivity contribution in [3.8, 4) is 0 Å². The van der Waals surface area contributed by atoms with Crippen molar-refractivity contribution >= 4 is 16.0 Å². The lowest BCUT2D eigenvalue weighted by Crippen LogP contribution is -2.14. The first-order valence-electron chi connectivity index (χ1n) is 6.75. The minimum Gasteiger partial charge on any atom is -0.246 e. The first kappa shape index (κ1) is 15.2. The van der Waals surface area contributed by atoms with Crippen LogP contribution in [0.4, 0.5) is 10.3 Å². The molecule has 8 heteroatoms. The summed E-state index contributed by atoms with van der Waals surface area (Å²) >= 11 is 0. The van der Waals surface area contributed by atoms with Crippen molar-refractivity contribution in [1.82, 2.24) is 14.8 Å². The summed E-state index contributed by atoms with van der Waals surface area (Å²) in [6.45, 7) is 0.290. The number of rotatable bonds is 5. The molecule has 118 valence electrons. The highest BCUT2D eigenvalue weighted by molar-refractivity contribution is 7.92. The van der Waals surface area contributed by atoms with E-state index in [1.807, 2.05) is 0 Å². The number of aromatic nitrogens is 3. The average molecular weight is 332 g/mol. The molecule has 0 aliphatic carbocycles. The second-order valence-electron chi connectivity index (χ2n) is 4.81. The maximum atomic E-state index is 13.1. The monoisotopic (exact) mass is 332 g/mol. The summed E-state index contributed by atoms with van der Waals surface area (Å²) < 4.78 is 41.2. The van der Waals surface area contributed by atoms with E-state index in [-0.39, 0.29) is 23.2 Å². The van der Waals surface area contributed by atoms with Crippen LogP contribution in [0.15, 0.2) is 65.8 Å². The Balaban J connectivity index is 1.75. The maximum Gasteiger partial charge on any atom is 0.264 e. The van der Waals surface area contributed by atoms with Gasteiger partial charge in [0.05, 0.1) is 11.4 Å². The second-order valence-corrected chi connectivity index (χ2v) is 6.50. The highest BCUT2D eigenvalue weighted by atomic mass is 32.2. The molecule has 0 fully saturated rings. The molecule has 0 unspecified atom stereocenters. The van der Waals surface area contributed by atoms with Crippen molar-refractivity contribution in [2.45, 2.75) is 11.4 Å². The molecule has 0 saturated heterocycles. The third-order valence-electron chi connectivity index (χ3n) is 3.05. The minimum absolute atomic E-state index is 0.0368. The number of nitrogens with zero attached hydrogens (tertiary/aromatic N) is 3. The summed E-state index contributed by atoms with van der Waals surface area (Å²) in [6, 6.07) is 14.0. The van der Waals surface area contributed by atoms with Crippen molar-refractivity contribution in [2.24, 2.45) is 0 Å². The highest BCUT2D eigenvalue weighted by Crippen LogP contribution is 2.12. The highest BCUT2D eigenvalue weighted by Gasteiger charge is 2.15. The molecule has 2 aromatic carbocycles. The molecule has 0 aliphatic rings. The van der Waals surface area contributed by atoms with Gasteiger partial charge in [-0.15, -0.1) is 5.10 Å². The van der Waals surface area contributed by atoms with E-state index in [4.69, 9.17) is 0 Å². The Morgan fingerprint density at radius 3 is 2.61 bits per heavy atom. The lowest BCUT2D eigenvalue weighted by Gasteiger charge is -2.04. The number of hydrogen-bond donors (Lipinski definition) is 1. The van der Waals surface area contributed by atoms with Crippen LogP contribution in [0.1, 0.15) is 5.56 Å². The molecule has 3 rings (SSSR count). The fourth-order valence-corrected chi connectivity index (χ4v) is 2.99.